The third-order valence-electron chi connectivity index (χ3n) is 4.95. The summed E-state index contributed by atoms with van der Waals surface area (Å²) in [4.78, 5) is 12.7. The Balaban J connectivity index is 1.54. The van der Waals surface area contributed by atoms with E-state index < -0.39 is 10.0 Å². The average Bonchev–Trinajstić information content (AvgIpc) is 2.76. The van der Waals surface area contributed by atoms with E-state index >= 15 is 0 Å². The van der Waals surface area contributed by atoms with Gasteiger partial charge >= 0.3 is 0 Å². The molecular formula is C21H24BrN3O5S. The van der Waals surface area contributed by atoms with Crippen LogP contribution in [-0.4, -0.2) is 49.6 Å². The van der Waals surface area contributed by atoms with Crippen molar-refractivity contribution < 1.29 is 23.1 Å². The van der Waals surface area contributed by atoms with E-state index in [1.165, 1.54) is 16.6 Å². The molecule has 0 saturated carbocycles. The summed E-state index contributed by atoms with van der Waals surface area (Å²) in [6.07, 6.45) is 2.31. The Kier molecular flexibility index (Phi) is 7.69. The highest BCUT2D eigenvalue weighted by molar-refractivity contribution is 9.10. The number of nitrogens with zero attached hydrogens (tertiary/aromatic N) is 2. The summed E-state index contributed by atoms with van der Waals surface area (Å²) >= 11 is 3.30. The van der Waals surface area contributed by atoms with Crippen molar-refractivity contribution in [3.05, 3.63) is 52.5 Å². The van der Waals surface area contributed by atoms with Crippen LogP contribution in [0.25, 0.3) is 0 Å². The molecule has 31 heavy (non-hydrogen) atoms. The zero-order chi connectivity index (χ0) is 22.4. The van der Waals surface area contributed by atoms with Crippen molar-refractivity contribution in [2.75, 3.05) is 19.7 Å². The Morgan fingerprint density at radius 3 is 2.58 bits per heavy atom. The molecule has 0 bridgehead atoms. The Morgan fingerprint density at radius 2 is 1.94 bits per heavy atom. The number of halogens is 1. The van der Waals surface area contributed by atoms with E-state index in [0.29, 0.717) is 30.8 Å². The van der Waals surface area contributed by atoms with Gasteiger partial charge in [-0.3, -0.25) is 4.79 Å². The van der Waals surface area contributed by atoms with Crippen LogP contribution in [0.15, 0.2) is 56.9 Å². The number of sulfonamides is 1. The van der Waals surface area contributed by atoms with Crippen molar-refractivity contribution in [1.82, 2.24) is 9.73 Å². The van der Waals surface area contributed by atoms with Crippen LogP contribution in [-0.2, 0) is 14.8 Å². The summed E-state index contributed by atoms with van der Waals surface area (Å²) < 4.78 is 33.1. The van der Waals surface area contributed by atoms with Gasteiger partial charge in [-0.1, -0.05) is 15.9 Å². The number of hydrogen-bond acceptors (Lipinski definition) is 6. The second kappa shape index (κ2) is 10.3. The number of hydrogen-bond donors (Lipinski definition) is 2. The lowest BCUT2D eigenvalue weighted by molar-refractivity contribution is -0.126. The average molecular weight is 510 g/mol. The number of rotatable bonds is 7. The minimum Gasteiger partial charge on any atom is -0.504 e. The number of amides is 1. The van der Waals surface area contributed by atoms with E-state index in [9.17, 15) is 18.3 Å². The molecule has 1 aliphatic rings. The number of phenolic OH excluding ortho intramolecular Hbond substituents is 1. The lowest BCUT2D eigenvalue weighted by Gasteiger charge is -2.30. The number of ether oxygens (including phenoxy) is 1. The van der Waals surface area contributed by atoms with Crippen LogP contribution in [0.3, 0.4) is 0 Å². The van der Waals surface area contributed by atoms with Crippen molar-refractivity contribution in [3.8, 4) is 11.5 Å². The molecule has 2 aromatic rings. The molecule has 3 rings (SSSR count). The number of hydrazone groups is 1. The summed E-state index contributed by atoms with van der Waals surface area (Å²) in [5.41, 5.74) is 3.18. The molecule has 1 aliphatic heterocycles. The van der Waals surface area contributed by atoms with Gasteiger partial charge in [-0.2, -0.15) is 9.41 Å². The van der Waals surface area contributed by atoms with E-state index in [0.717, 1.165) is 4.47 Å². The number of nitrogens with one attached hydrogen (secondary N) is 1. The van der Waals surface area contributed by atoms with E-state index in [4.69, 9.17) is 4.74 Å². The molecule has 0 atom stereocenters. The summed E-state index contributed by atoms with van der Waals surface area (Å²) in [6.45, 7) is 2.78. The molecule has 2 aromatic carbocycles. The molecule has 0 unspecified atom stereocenters. The number of piperidine rings is 1. The van der Waals surface area contributed by atoms with Crippen LogP contribution in [0, 0.1) is 5.92 Å². The molecule has 166 valence electrons. The van der Waals surface area contributed by atoms with E-state index in [1.807, 2.05) is 6.92 Å². The molecule has 1 fully saturated rings. The van der Waals surface area contributed by atoms with Crippen molar-refractivity contribution >= 4 is 38.1 Å². The third kappa shape index (κ3) is 5.84. The van der Waals surface area contributed by atoms with Crippen LogP contribution in [0.2, 0.25) is 0 Å². The van der Waals surface area contributed by atoms with Gasteiger partial charge in [0.2, 0.25) is 15.9 Å². The maximum atomic E-state index is 12.8. The first kappa shape index (κ1) is 23.2. The van der Waals surface area contributed by atoms with Crippen LogP contribution >= 0.6 is 15.9 Å². The number of carbonyl (C=O) groups excluding carboxylic acids is 1. The normalized spacial score (nSPS) is 15.8. The lowest BCUT2D eigenvalue weighted by atomic mass is 9.98. The van der Waals surface area contributed by atoms with Crippen molar-refractivity contribution in [3.63, 3.8) is 0 Å². The summed E-state index contributed by atoms with van der Waals surface area (Å²) in [5.74, 6) is -0.182. The summed E-state index contributed by atoms with van der Waals surface area (Å²) in [6, 6.07) is 11.3. The molecular weight excluding hydrogens is 486 g/mol. The molecule has 0 radical (unpaired) electrons. The Hall–Kier alpha value is -2.43. The monoisotopic (exact) mass is 509 g/mol. The molecule has 0 aliphatic carbocycles. The fourth-order valence-corrected chi connectivity index (χ4v) is 4.99. The van der Waals surface area contributed by atoms with Crippen LogP contribution in [0.1, 0.15) is 25.3 Å². The zero-order valence-electron chi connectivity index (χ0n) is 17.0. The van der Waals surface area contributed by atoms with Gasteiger partial charge in [0.15, 0.2) is 11.5 Å². The van der Waals surface area contributed by atoms with E-state index in [-0.39, 0.29) is 35.6 Å². The predicted octanol–water partition coefficient (Wildman–Crippen LogP) is 3.10. The van der Waals surface area contributed by atoms with Gasteiger partial charge in [-0.15, -0.1) is 0 Å². The zero-order valence-corrected chi connectivity index (χ0v) is 19.4. The van der Waals surface area contributed by atoms with Crippen molar-refractivity contribution in [2.45, 2.75) is 24.7 Å². The van der Waals surface area contributed by atoms with E-state index in [1.54, 1.807) is 36.4 Å². The predicted molar refractivity (Wildman–Crippen MR) is 121 cm³/mol. The number of carbonyl (C=O) groups is 1. The first-order valence-corrected chi connectivity index (χ1v) is 12.1. The minimum atomic E-state index is -3.57. The Bertz CT molecular complexity index is 1050. The molecule has 0 aromatic heterocycles. The van der Waals surface area contributed by atoms with Crippen LogP contribution in [0.4, 0.5) is 0 Å². The van der Waals surface area contributed by atoms with Gasteiger partial charge in [0, 0.05) is 23.5 Å². The highest BCUT2D eigenvalue weighted by Gasteiger charge is 2.32. The largest absolute Gasteiger partial charge is 0.504 e. The Morgan fingerprint density at radius 1 is 1.26 bits per heavy atom. The maximum absolute atomic E-state index is 12.8. The van der Waals surface area contributed by atoms with Gasteiger partial charge in [0.05, 0.1) is 17.7 Å². The smallest absolute Gasteiger partial charge is 0.243 e. The van der Waals surface area contributed by atoms with Gasteiger partial charge in [0.25, 0.3) is 0 Å². The topological polar surface area (TPSA) is 108 Å². The lowest BCUT2D eigenvalue weighted by Crippen LogP contribution is -2.42. The second-order valence-electron chi connectivity index (χ2n) is 7.03. The Labute approximate surface area is 190 Å². The molecule has 1 heterocycles. The molecule has 1 saturated heterocycles. The van der Waals surface area contributed by atoms with Crippen LogP contribution < -0.4 is 10.2 Å². The van der Waals surface area contributed by atoms with Gasteiger partial charge in [-0.05, 0) is 67.8 Å². The van der Waals surface area contributed by atoms with Crippen molar-refractivity contribution in [1.29, 1.82) is 0 Å². The molecule has 0 spiro atoms. The second-order valence-corrected chi connectivity index (χ2v) is 9.88. The molecule has 10 heteroatoms. The van der Waals surface area contributed by atoms with Gasteiger partial charge < -0.3 is 9.84 Å². The summed E-state index contributed by atoms with van der Waals surface area (Å²) in [5, 5.41) is 13.7. The molecule has 1 amide bonds. The minimum absolute atomic E-state index is 0.0351. The maximum Gasteiger partial charge on any atom is 0.243 e. The van der Waals surface area contributed by atoms with Crippen molar-refractivity contribution in [2.24, 2.45) is 11.0 Å². The van der Waals surface area contributed by atoms with Gasteiger partial charge in [-0.25, -0.2) is 13.8 Å². The highest BCUT2D eigenvalue weighted by atomic mass is 79.9. The third-order valence-corrected chi connectivity index (χ3v) is 7.39. The van der Waals surface area contributed by atoms with Gasteiger partial charge in [0.1, 0.15) is 0 Å². The number of benzene rings is 2. The quantitative estimate of drug-likeness (QED) is 0.440. The first-order chi connectivity index (χ1) is 14.8. The fraction of sp³-hybridized carbons (Fsp3) is 0.333. The first-order valence-electron chi connectivity index (χ1n) is 9.85. The number of aromatic hydroxyl groups is 1. The molecule has 2 N–H and O–H groups in total. The summed E-state index contributed by atoms with van der Waals surface area (Å²) in [7, 11) is -3.57. The molecule has 8 nitrogen and oxygen atoms in total. The SMILES string of the molecule is CCOc1cc(/C=N\NC(=O)C2CCN(S(=O)(=O)c3ccc(Br)cc3)CC2)ccc1O. The van der Waals surface area contributed by atoms with Crippen LogP contribution in [0.5, 0.6) is 11.5 Å². The number of phenols is 1. The van der Waals surface area contributed by atoms with E-state index in [2.05, 4.69) is 26.5 Å². The highest BCUT2D eigenvalue weighted by Crippen LogP contribution is 2.27. The fourth-order valence-electron chi connectivity index (χ4n) is 3.26. The standard InChI is InChI=1S/C21H24BrN3O5S/c1-2-30-20-13-15(3-8-19(20)26)14-23-24-21(27)16-9-11-25(12-10-16)31(28,29)18-6-4-17(22)5-7-18/h3-8,13-14,16,26H,2,9-12H2,1H3,(H,24,27)/b23-14-.